The van der Waals surface area contributed by atoms with Gasteiger partial charge in [-0.25, -0.2) is 4.98 Å². The summed E-state index contributed by atoms with van der Waals surface area (Å²) in [6, 6.07) is 13.0. The van der Waals surface area contributed by atoms with Gasteiger partial charge >= 0.3 is 5.97 Å². The third kappa shape index (κ3) is 4.61. The van der Waals surface area contributed by atoms with Crippen molar-refractivity contribution in [3.63, 3.8) is 0 Å². The number of hydrogen-bond acceptors (Lipinski definition) is 5. The fraction of sp³-hybridized carbons (Fsp3) is 0.320. The molecule has 0 spiro atoms. The Hall–Kier alpha value is -3.07. The summed E-state index contributed by atoms with van der Waals surface area (Å²) in [7, 11) is 1.73. The largest absolute Gasteiger partial charge is 0.481 e. The molecule has 2 aromatic heterocycles. The van der Waals surface area contributed by atoms with Gasteiger partial charge in [-0.1, -0.05) is 35.9 Å². The number of rotatable bonds is 5. The zero-order valence-corrected chi connectivity index (χ0v) is 20.8. The number of carboxylic acid groups (broad SMARTS) is 1. The number of hydrogen-bond donors (Lipinski definition) is 2. The van der Waals surface area contributed by atoms with Crippen LogP contribution in [0.15, 0.2) is 47.3 Å². The fourth-order valence-corrected chi connectivity index (χ4v) is 5.04. The van der Waals surface area contributed by atoms with E-state index in [-0.39, 0.29) is 30.4 Å². The normalized spacial score (nSPS) is 16.0. The molecule has 3 heterocycles. The lowest BCUT2D eigenvalue weighted by atomic mass is 10.1. The van der Waals surface area contributed by atoms with Gasteiger partial charge in [-0.05, 0) is 42.2 Å². The van der Waals surface area contributed by atoms with Gasteiger partial charge in [0, 0.05) is 36.6 Å². The Morgan fingerprint density at radius 2 is 2.03 bits per heavy atom. The van der Waals surface area contributed by atoms with Crippen molar-refractivity contribution < 1.29 is 9.90 Å². The Kier molecular flexibility index (Phi) is 7.07. The smallest absolute Gasteiger partial charge is 0.307 e. The predicted octanol–water partition coefficient (Wildman–Crippen LogP) is 3.57. The van der Waals surface area contributed by atoms with Crippen LogP contribution in [0.4, 0.5) is 5.95 Å². The van der Waals surface area contributed by atoms with E-state index in [0.717, 1.165) is 30.3 Å². The van der Waals surface area contributed by atoms with Crippen molar-refractivity contribution in [2.75, 3.05) is 18.0 Å². The highest BCUT2D eigenvalue weighted by molar-refractivity contribution is 6.31. The summed E-state index contributed by atoms with van der Waals surface area (Å²) in [5, 5.41) is 10.6. The molecule has 0 saturated carbocycles. The molecule has 0 aliphatic carbocycles. The first-order valence-electron chi connectivity index (χ1n) is 11.3. The van der Waals surface area contributed by atoms with E-state index < -0.39 is 5.97 Å². The van der Waals surface area contributed by atoms with Crippen molar-refractivity contribution in [2.45, 2.75) is 31.8 Å². The van der Waals surface area contributed by atoms with Crippen molar-refractivity contribution >= 4 is 57.9 Å². The molecule has 10 heteroatoms. The number of imidazole rings is 1. The number of carboxylic acids is 1. The average Bonchev–Trinajstić information content (AvgIpc) is 3.18. The molecule has 1 atom stereocenters. The SMILES string of the molecule is Cl.Cn1c(=O)c2c(nc(N3CCC[C@@H](N)C3)n2Cc2ccccc2Cl)c2cc(CC(=O)O)ccc21. The van der Waals surface area contributed by atoms with Gasteiger partial charge in [0.25, 0.3) is 5.56 Å². The van der Waals surface area contributed by atoms with Crippen molar-refractivity contribution in [3.05, 3.63) is 69.0 Å². The Balaban J connectivity index is 0.00000289. The first-order chi connectivity index (χ1) is 16.3. The van der Waals surface area contributed by atoms with E-state index >= 15 is 0 Å². The minimum Gasteiger partial charge on any atom is -0.481 e. The number of nitrogens with two attached hydrogens (primary N) is 1. The zero-order valence-electron chi connectivity index (χ0n) is 19.3. The average molecular weight is 516 g/mol. The maximum Gasteiger partial charge on any atom is 0.307 e. The number of halogens is 2. The number of aryl methyl sites for hydroxylation is 1. The van der Waals surface area contributed by atoms with E-state index in [1.807, 2.05) is 34.9 Å². The van der Waals surface area contributed by atoms with Gasteiger partial charge in [0.2, 0.25) is 5.95 Å². The second-order valence-electron chi connectivity index (χ2n) is 8.92. The molecular formula is C25H27Cl2N5O3. The van der Waals surface area contributed by atoms with Crippen LogP contribution in [0.3, 0.4) is 0 Å². The topological polar surface area (TPSA) is 106 Å². The molecule has 3 N–H and O–H groups in total. The summed E-state index contributed by atoms with van der Waals surface area (Å²) in [4.78, 5) is 32.0. The lowest BCUT2D eigenvalue weighted by Gasteiger charge is -2.32. The van der Waals surface area contributed by atoms with Gasteiger partial charge in [0.15, 0.2) is 0 Å². The van der Waals surface area contributed by atoms with Gasteiger partial charge in [0.05, 0.1) is 18.5 Å². The second kappa shape index (κ2) is 9.89. The van der Waals surface area contributed by atoms with Crippen LogP contribution in [0.5, 0.6) is 0 Å². The van der Waals surface area contributed by atoms with Gasteiger partial charge in [0.1, 0.15) is 11.0 Å². The van der Waals surface area contributed by atoms with Crippen LogP contribution in [0.25, 0.3) is 21.9 Å². The molecule has 0 amide bonds. The van der Waals surface area contributed by atoms with Crippen molar-refractivity contribution in [3.8, 4) is 0 Å². The maximum absolute atomic E-state index is 13.6. The number of pyridine rings is 1. The Bertz CT molecular complexity index is 1480. The number of fused-ring (bicyclic) bond motifs is 3. The monoisotopic (exact) mass is 515 g/mol. The quantitative estimate of drug-likeness (QED) is 0.420. The summed E-state index contributed by atoms with van der Waals surface area (Å²) >= 11 is 6.48. The van der Waals surface area contributed by atoms with Crippen molar-refractivity contribution in [2.24, 2.45) is 12.8 Å². The third-order valence-corrected chi connectivity index (χ3v) is 6.88. The molecule has 184 valence electrons. The first kappa shape index (κ1) is 25.0. The van der Waals surface area contributed by atoms with Crippen molar-refractivity contribution in [1.82, 2.24) is 14.1 Å². The number of benzene rings is 2. The molecule has 8 nitrogen and oxygen atoms in total. The van der Waals surface area contributed by atoms with Crippen LogP contribution in [-0.2, 0) is 24.8 Å². The Labute approximate surface area is 213 Å². The molecule has 5 rings (SSSR count). The molecule has 0 unspecified atom stereocenters. The lowest BCUT2D eigenvalue weighted by Crippen LogP contribution is -2.44. The molecule has 2 aromatic carbocycles. The van der Waals surface area contributed by atoms with E-state index in [4.69, 9.17) is 22.3 Å². The molecule has 1 aliphatic heterocycles. The molecular weight excluding hydrogens is 489 g/mol. The van der Waals surface area contributed by atoms with E-state index in [0.29, 0.717) is 46.2 Å². The van der Waals surface area contributed by atoms with E-state index in [2.05, 4.69) is 4.90 Å². The Morgan fingerprint density at radius 3 is 2.74 bits per heavy atom. The highest BCUT2D eigenvalue weighted by Crippen LogP contribution is 2.30. The van der Waals surface area contributed by atoms with Crippen LogP contribution in [0.1, 0.15) is 24.0 Å². The van der Waals surface area contributed by atoms with E-state index in [9.17, 15) is 14.7 Å². The summed E-state index contributed by atoms with van der Waals surface area (Å²) in [5.74, 6) is -0.231. The highest BCUT2D eigenvalue weighted by atomic mass is 35.5. The minimum absolute atomic E-state index is 0. The number of nitrogens with zero attached hydrogens (tertiary/aromatic N) is 4. The molecule has 0 radical (unpaired) electrons. The van der Waals surface area contributed by atoms with Crippen LogP contribution < -0.4 is 16.2 Å². The summed E-state index contributed by atoms with van der Waals surface area (Å²) in [5.41, 5.74) is 9.38. The minimum atomic E-state index is -0.910. The van der Waals surface area contributed by atoms with Gasteiger partial charge < -0.3 is 24.9 Å². The highest BCUT2D eigenvalue weighted by Gasteiger charge is 2.26. The maximum atomic E-state index is 13.6. The third-order valence-electron chi connectivity index (χ3n) is 6.51. The summed E-state index contributed by atoms with van der Waals surface area (Å²) in [6.07, 6.45) is 1.79. The van der Waals surface area contributed by atoms with Gasteiger partial charge in [-0.2, -0.15) is 0 Å². The first-order valence-corrected chi connectivity index (χ1v) is 11.7. The molecule has 0 bridgehead atoms. The lowest BCUT2D eigenvalue weighted by molar-refractivity contribution is -0.136. The number of aromatic nitrogens is 3. The predicted molar refractivity (Wildman–Crippen MR) is 141 cm³/mol. The molecule has 1 aliphatic rings. The van der Waals surface area contributed by atoms with E-state index in [1.165, 1.54) is 0 Å². The Morgan fingerprint density at radius 1 is 1.26 bits per heavy atom. The molecule has 1 saturated heterocycles. The number of carbonyl (C=O) groups is 1. The van der Waals surface area contributed by atoms with Crippen LogP contribution in [0, 0.1) is 0 Å². The van der Waals surface area contributed by atoms with Gasteiger partial charge in [-0.15, -0.1) is 12.4 Å². The molecule has 4 aromatic rings. The van der Waals surface area contributed by atoms with Gasteiger partial charge in [-0.3, -0.25) is 9.59 Å². The van der Waals surface area contributed by atoms with Crippen LogP contribution >= 0.6 is 24.0 Å². The fourth-order valence-electron chi connectivity index (χ4n) is 4.84. The van der Waals surface area contributed by atoms with Crippen LogP contribution in [0.2, 0.25) is 5.02 Å². The van der Waals surface area contributed by atoms with E-state index in [1.54, 1.807) is 23.7 Å². The second-order valence-corrected chi connectivity index (χ2v) is 9.33. The number of piperidine rings is 1. The van der Waals surface area contributed by atoms with Crippen molar-refractivity contribution in [1.29, 1.82) is 0 Å². The number of aliphatic carboxylic acids is 1. The molecule has 1 fully saturated rings. The summed E-state index contributed by atoms with van der Waals surface area (Å²) < 4.78 is 3.53. The zero-order chi connectivity index (χ0) is 24.0. The molecule has 35 heavy (non-hydrogen) atoms. The standard InChI is InChI=1S/C25H26ClN5O3.ClH/c1-29-20-9-8-15(12-21(32)33)11-18(20)22-23(24(29)34)31(13-16-5-2-3-7-19(16)26)25(28-22)30-10-4-6-17(27)14-30;/h2-3,5,7-9,11,17H,4,6,10,12-14,27H2,1H3,(H,32,33);1H/t17-;/m1./s1. The number of anilines is 1. The van der Waals surface area contributed by atoms with Crippen LogP contribution in [-0.4, -0.2) is 44.3 Å². The summed E-state index contributed by atoms with van der Waals surface area (Å²) in [6.45, 7) is 1.82.